The Hall–Kier alpha value is -3.60. The third-order valence-electron chi connectivity index (χ3n) is 3.99. The van der Waals surface area contributed by atoms with E-state index >= 15 is 0 Å². The molecule has 0 fully saturated rings. The van der Waals surface area contributed by atoms with Gasteiger partial charge in [0.15, 0.2) is 6.61 Å². The molecule has 0 atom stereocenters. The number of rotatable bonds is 8. The van der Waals surface area contributed by atoms with Crippen molar-refractivity contribution in [2.45, 2.75) is 6.18 Å². The van der Waals surface area contributed by atoms with Crippen molar-refractivity contribution in [2.75, 3.05) is 19.7 Å². The van der Waals surface area contributed by atoms with E-state index in [1.807, 2.05) is 0 Å². The normalized spacial score (nSPS) is 11.1. The highest BCUT2D eigenvalue weighted by Gasteiger charge is 2.30. The minimum absolute atomic E-state index is 0.0484. The molecule has 1 aromatic heterocycles. The molecular formula is C20H16ClF3N4O4. The number of halogens is 4. The molecule has 2 aromatic carbocycles. The Morgan fingerprint density at radius 2 is 1.78 bits per heavy atom. The highest BCUT2D eigenvalue weighted by molar-refractivity contribution is 6.30. The molecule has 0 aliphatic heterocycles. The Morgan fingerprint density at radius 1 is 1.06 bits per heavy atom. The van der Waals surface area contributed by atoms with Crippen LogP contribution in [-0.2, 0) is 11.0 Å². The Morgan fingerprint density at radius 3 is 2.50 bits per heavy atom. The van der Waals surface area contributed by atoms with Gasteiger partial charge in [-0.2, -0.15) is 18.2 Å². The summed E-state index contributed by atoms with van der Waals surface area (Å²) in [5, 5.41) is 9.21. The molecule has 0 bridgehead atoms. The average Bonchev–Trinajstić information content (AvgIpc) is 3.26. The van der Waals surface area contributed by atoms with Crippen LogP contribution in [0.2, 0.25) is 5.02 Å². The van der Waals surface area contributed by atoms with E-state index < -0.39 is 30.2 Å². The molecule has 2 amide bonds. The molecule has 0 aliphatic carbocycles. The lowest BCUT2D eigenvalue weighted by Gasteiger charge is -2.10. The van der Waals surface area contributed by atoms with Gasteiger partial charge >= 0.3 is 18.0 Å². The summed E-state index contributed by atoms with van der Waals surface area (Å²) in [6, 6.07) is 10.8. The summed E-state index contributed by atoms with van der Waals surface area (Å²) in [7, 11) is 0. The predicted molar refractivity (Wildman–Crippen MR) is 107 cm³/mol. The van der Waals surface area contributed by atoms with E-state index in [9.17, 15) is 22.8 Å². The minimum atomic E-state index is -4.51. The summed E-state index contributed by atoms with van der Waals surface area (Å²) in [5.41, 5.74) is -0.261. The maximum Gasteiger partial charge on any atom is 0.416 e. The maximum absolute atomic E-state index is 12.7. The van der Waals surface area contributed by atoms with Crippen molar-refractivity contribution in [3.8, 4) is 17.1 Å². The first-order chi connectivity index (χ1) is 15.2. The van der Waals surface area contributed by atoms with Crippen molar-refractivity contribution in [2.24, 2.45) is 0 Å². The van der Waals surface area contributed by atoms with E-state index in [4.69, 9.17) is 20.9 Å². The van der Waals surface area contributed by atoms with Gasteiger partial charge in [-0.15, -0.1) is 0 Å². The van der Waals surface area contributed by atoms with Gasteiger partial charge in [-0.05, 0) is 42.5 Å². The van der Waals surface area contributed by atoms with E-state index in [0.29, 0.717) is 10.6 Å². The van der Waals surface area contributed by atoms with E-state index in [0.717, 1.165) is 12.1 Å². The number of amides is 2. The molecule has 3 aromatic rings. The molecule has 0 spiro atoms. The largest absolute Gasteiger partial charge is 0.484 e. The summed E-state index contributed by atoms with van der Waals surface area (Å²) in [6.07, 6.45) is -4.51. The number of benzene rings is 2. The first-order valence-electron chi connectivity index (χ1n) is 9.17. The maximum atomic E-state index is 12.7. The molecule has 12 heteroatoms. The van der Waals surface area contributed by atoms with Crippen LogP contribution in [0.1, 0.15) is 16.2 Å². The van der Waals surface area contributed by atoms with Crippen molar-refractivity contribution in [1.82, 2.24) is 20.8 Å². The van der Waals surface area contributed by atoms with Gasteiger partial charge in [-0.25, -0.2) is 0 Å². The number of ether oxygens (including phenoxy) is 1. The third kappa shape index (κ3) is 6.45. The SMILES string of the molecule is O=C(COc1cccc(C(F)(F)F)c1)NCCNC(=O)c1nc(-c2ccc(Cl)cc2)no1. The number of nitrogens with zero attached hydrogens (tertiary/aromatic N) is 2. The van der Waals surface area contributed by atoms with Crippen molar-refractivity contribution in [3.63, 3.8) is 0 Å². The summed E-state index contributed by atoms with van der Waals surface area (Å²) in [5.74, 6) is -1.33. The smallest absolute Gasteiger partial charge is 0.416 e. The Balaban J connectivity index is 1.39. The Kier molecular flexibility index (Phi) is 7.31. The monoisotopic (exact) mass is 468 g/mol. The molecule has 0 radical (unpaired) electrons. The summed E-state index contributed by atoms with van der Waals surface area (Å²) < 4.78 is 48.0. The fourth-order valence-corrected chi connectivity index (χ4v) is 2.57. The van der Waals surface area contributed by atoms with E-state index in [-0.39, 0.29) is 30.6 Å². The van der Waals surface area contributed by atoms with Gasteiger partial charge in [-0.3, -0.25) is 9.59 Å². The van der Waals surface area contributed by atoms with Crippen LogP contribution in [0.4, 0.5) is 13.2 Å². The van der Waals surface area contributed by atoms with Gasteiger partial charge in [0.2, 0.25) is 5.82 Å². The molecule has 2 N–H and O–H groups in total. The number of alkyl halides is 3. The lowest BCUT2D eigenvalue weighted by atomic mass is 10.2. The zero-order chi connectivity index (χ0) is 23.1. The van der Waals surface area contributed by atoms with Gasteiger partial charge in [-0.1, -0.05) is 22.8 Å². The van der Waals surface area contributed by atoms with E-state index in [1.165, 1.54) is 12.1 Å². The molecule has 0 saturated carbocycles. The highest BCUT2D eigenvalue weighted by atomic mass is 35.5. The van der Waals surface area contributed by atoms with Crippen LogP contribution in [-0.4, -0.2) is 41.7 Å². The standard InChI is InChI=1S/C20H16ClF3N4O4/c21-14-6-4-12(5-7-14)17-27-19(32-28-17)18(30)26-9-8-25-16(29)11-31-15-3-1-2-13(10-15)20(22,23)24/h1-7,10H,8-9,11H2,(H,25,29)(H,26,30). The Bertz CT molecular complexity index is 1090. The fourth-order valence-electron chi connectivity index (χ4n) is 2.45. The molecule has 0 aliphatic rings. The summed E-state index contributed by atoms with van der Waals surface area (Å²) >= 11 is 5.81. The van der Waals surface area contributed by atoms with Crippen LogP contribution in [0.25, 0.3) is 11.4 Å². The molecule has 8 nitrogen and oxygen atoms in total. The van der Waals surface area contributed by atoms with Gasteiger partial charge in [0.1, 0.15) is 5.75 Å². The molecule has 168 valence electrons. The van der Waals surface area contributed by atoms with E-state index in [1.54, 1.807) is 24.3 Å². The number of nitrogens with one attached hydrogen (secondary N) is 2. The zero-order valence-electron chi connectivity index (χ0n) is 16.3. The topological polar surface area (TPSA) is 106 Å². The number of carbonyl (C=O) groups excluding carboxylic acids is 2. The molecule has 0 saturated heterocycles. The number of hydrogen-bond acceptors (Lipinski definition) is 6. The molecule has 3 rings (SSSR count). The van der Waals surface area contributed by atoms with Crippen LogP contribution in [0.15, 0.2) is 53.1 Å². The van der Waals surface area contributed by atoms with Gasteiger partial charge in [0, 0.05) is 23.7 Å². The molecule has 1 heterocycles. The average molecular weight is 469 g/mol. The van der Waals surface area contributed by atoms with Crippen molar-refractivity contribution in [1.29, 1.82) is 0 Å². The lowest BCUT2D eigenvalue weighted by molar-refractivity contribution is -0.137. The second kappa shape index (κ2) is 10.1. The van der Waals surface area contributed by atoms with Gasteiger partial charge in [0.05, 0.1) is 5.56 Å². The lowest BCUT2D eigenvalue weighted by Crippen LogP contribution is -2.36. The Labute approximate surface area is 184 Å². The molecule has 0 unspecified atom stereocenters. The van der Waals surface area contributed by atoms with Gasteiger partial charge in [0.25, 0.3) is 5.91 Å². The molecule has 32 heavy (non-hydrogen) atoms. The van der Waals surface area contributed by atoms with E-state index in [2.05, 4.69) is 20.8 Å². The van der Waals surface area contributed by atoms with Crippen molar-refractivity contribution in [3.05, 3.63) is 65.0 Å². The number of aromatic nitrogens is 2. The second-order valence-corrected chi connectivity index (χ2v) is 6.79. The van der Waals surface area contributed by atoms with Crippen LogP contribution in [0, 0.1) is 0 Å². The number of hydrogen-bond donors (Lipinski definition) is 2. The second-order valence-electron chi connectivity index (χ2n) is 6.35. The minimum Gasteiger partial charge on any atom is -0.484 e. The summed E-state index contributed by atoms with van der Waals surface area (Å²) in [6.45, 7) is -0.384. The van der Waals surface area contributed by atoms with Gasteiger partial charge < -0.3 is 19.9 Å². The summed E-state index contributed by atoms with van der Waals surface area (Å²) in [4.78, 5) is 27.8. The van der Waals surface area contributed by atoms with Crippen molar-refractivity contribution < 1.29 is 32.0 Å². The zero-order valence-corrected chi connectivity index (χ0v) is 17.0. The van der Waals surface area contributed by atoms with Crippen LogP contribution >= 0.6 is 11.6 Å². The van der Waals surface area contributed by atoms with Crippen LogP contribution in [0.5, 0.6) is 5.75 Å². The van der Waals surface area contributed by atoms with Crippen LogP contribution < -0.4 is 15.4 Å². The quantitative estimate of drug-likeness (QED) is 0.491. The van der Waals surface area contributed by atoms with Crippen molar-refractivity contribution >= 4 is 23.4 Å². The number of carbonyl (C=O) groups is 2. The first kappa shape index (κ1) is 23.1. The third-order valence-corrected chi connectivity index (χ3v) is 4.24. The first-order valence-corrected chi connectivity index (χ1v) is 9.55. The highest BCUT2D eigenvalue weighted by Crippen LogP contribution is 2.31. The molecular weight excluding hydrogens is 453 g/mol. The fraction of sp³-hybridized carbons (Fsp3) is 0.200. The van der Waals surface area contributed by atoms with Crippen LogP contribution in [0.3, 0.4) is 0 Å². The predicted octanol–water partition coefficient (Wildman–Crippen LogP) is 3.33.